The van der Waals surface area contributed by atoms with Crippen molar-refractivity contribution in [3.63, 3.8) is 0 Å². The summed E-state index contributed by atoms with van der Waals surface area (Å²) in [6.45, 7) is 0. The Bertz CT molecular complexity index is 1440. The second kappa shape index (κ2) is 5.83. The Morgan fingerprint density at radius 1 is 0.536 bits per heavy atom. The standard InChI is InChI=1S/C25H17N3/c1-3-9-18(10-4-1)27-17-26-22-15-21-20-13-7-8-14-23(20)28(24(21)16-25(22)27)19-11-5-2-6-12-19/h1-17H. The Hall–Kier alpha value is -3.85. The van der Waals surface area contributed by atoms with Crippen LogP contribution in [0.5, 0.6) is 0 Å². The van der Waals surface area contributed by atoms with Crippen LogP contribution in [-0.2, 0) is 0 Å². The Kier molecular flexibility index (Phi) is 3.17. The molecular weight excluding hydrogens is 342 g/mol. The largest absolute Gasteiger partial charge is 0.309 e. The molecule has 2 aromatic heterocycles. The SMILES string of the molecule is c1ccc(-n2cnc3cc4c5ccccc5n(-c5ccccc5)c4cc32)cc1. The summed E-state index contributed by atoms with van der Waals surface area (Å²) in [5.74, 6) is 0. The summed E-state index contributed by atoms with van der Waals surface area (Å²) in [6, 6.07) is 34.0. The first kappa shape index (κ1) is 15.2. The van der Waals surface area contributed by atoms with Crippen LogP contribution in [0.1, 0.15) is 0 Å². The van der Waals surface area contributed by atoms with Crippen LogP contribution in [0.25, 0.3) is 44.2 Å². The average molecular weight is 359 g/mol. The van der Waals surface area contributed by atoms with Crippen LogP contribution in [-0.4, -0.2) is 14.1 Å². The molecule has 0 saturated carbocycles. The molecule has 0 fully saturated rings. The molecule has 0 amide bonds. The van der Waals surface area contributed by atoms with Gasteiger partial charge in [0, 0.05) is 22.1 Å². The van der Waals surface area contributed by atoms with Crippen LogP contribution in [0.3, 0.4) is 0 Å². The van der Waals surface area contributed by atoms with Crippen molar-refractivity contribution in [2.75, 3.05) is 0 Å². The monoisotopic (exact) mass is 359 g/mol. The van der Waals surface area contributed by atoms with E-state index in [1.807, 2.05) is 12.4 Å². The number of nitrogens with zero attached hydrogens (tertiary/aromatic N) is 3. The maximum atomic E-state index is 4.69. The molecule has 0 aliphatic rings. The molecule has 132 valence electrons. The smallest absolute Gasteiger partial charge is 0.100 e. The second-order valence-electron chi connectivity index (χ2n) is 7.00. The van der Waals surface area contributed by atoms with E-state index in [1.165, 1.54) is 27.5 Å². The lowest BCUT2D eigenvalue weighted by atomic mass is 10.1. The van der Waals surface area contributed by atoms with E-state index in [1.54, 1.807) is 0 Å². The van der Waals surface area contributed by atoms with E-state index in [-0.39, 0.29) is 0 Å². The van der Waals surface area contributed by atoms with Crippen LogP contribution >= 0.6 is 0 Å². The van der Waals surface area contributed by atoms with E-state index in [0.29, 0.717) is 0 Å². The molecule has 0 saturated heterocycles. The van der Waals surface area contributed by atoms with E-state index in [9.17, 15) is 0 Å². The van der Waals surface area contributed by atoms with Crippen LogP contribution in [0.2, 0.25) is 0 Å². The lowest BCUT2D eigenvalue weighted by molar-refractivity contribution is 1.09. The summed E-state index contributed by atoms with van der Waals surface area (Å²) in [6.07, 6.45) is 1.91. The second-order valence-corrected chi connectivity index (χ2v) is 7.00. The van der Waals surface area contributed by atoms with Gasteiger partial charge in [-0.05, 0) is 42.5 Å². The molecule has 0 aliphatic heterocycles. The van der Waals surface area contributed by atoms with Gasteiger partial charge in [0.05, 0.1) is 22.1 Å². The lowest BCUT2D eigenvalue weighted by Gasteiger charge is -2.08. The number of benzene rings is 4. The van der Waals surface area contributed by atoms with Crippen molar-refractivity contribution in [2.24, 2.45) is 0 Å². The molecule has 0 N–H and O–H groups in total. The molecule has 28 heavy (non-hydrogen) atoms. The number of aromatic nitrogens is 3. The molecule has 3 nitrogen and oxygen atoms in total. The summed E-state index contributed by atoms with van der Waals surface area (Å²) in [5, 5.41) is 2.47. The molecular formula is C25H17N3. The van der Waals surface area contributed by atoms with E-state index < -0.39 is 0 Å². The van der Waals surface area contributed by atoms with Crippen LogP contribution in [0, 0.1) is 0 Å². The third-order valence-corrected chi connectivity index (χ3v) is 5.39. The topological polar surface area (TPSA) is 22.8 Å². The first-order valence-corrected chi connectivity index (χ1v) is 9.41. The van der Waals surface area contributed by atoms with Crippen molar-refractivity contribution >= 4 is 32.8 Å². The summed E-state index contributed by atoms with van der Waals surface area (Å²) in [7, 11) is 0. The molecule has 0 aliphatic carbocycles. The highest BCUT2D eigenvalue weighted by Crippen LogP contribution is 2.34. The normalized spacial score (nSPS) is 11.6. The first-order valence-electron chi connectivity index (χ1n) is 9.41. The summed E-state index contributed by atoms with van der Waals surface area (Å²) in [5.41, 5.74) is 6.80. The number of hydrogen-bond acceptors (Lipinski definition) is 1. The number of para-hydroxylation sites is 3. The number of imidazole rings is 1. The van der Waals surface area contributed by atoms with Crippen LogP contribution < -0.4 is 0 Å². The Balaban J connectivity index is 1.76. The van der Waals surface area contributed by atoms with Gasteiger partial charge in [0.1, 0.15) is 6.33 Å². The fourth-order valence-electron chi connectivity index (χ4n) is 4.12. The molecule has 0 atom stereocenters. The molecule has 0 spiro atoms. The minimum absolute atomic E-state index is 1.01. The summed E-state index contributed by atoms with van der Waals surface area (Å²) in [4.78, 5) is 4.69. The molecule has 2 heterocycles. The van der Waals surface area contributed by atoms with Gasteiger partial charge in [0.25, 0.3) is 0 Å². The van der Waals surface area contributed by atoms with Crippen molar-refractivity contribution in [3.8, 4) is 11.4 Å². The predicted octanol–water partition coefficient (Wildman–Crippen LogP) is 6.12. The van der Waals surface area contributed by atoms with Crippen molar-refractivity contribution in [2.45, 2.75) is 0 Å². The zero-order valence-electron chi connectivity index (χ0n) is 15.2. The van der Waals surface area contributed by atoms with Crippen molar-refractivity contribution < 1.29 is 0 Å². The predicted molar refractivity (Wildman–Crippen MR) is 115 cm³/mol. The highest BCUT2D eigenvalue weighted by Gasteiger charge is 2.15. The lowest BCUT2D eigenvalue weighted by Crippen LogP contribution is -1.94. The van der Waals surface area contributed by atoms with Crippen LogP contribution in [0.15, 0.2) is 103 Å². The highest BCUT2D eigenvalue weighted by atomic mass is 15.1. The third-order valence-electron chi connectivity index (χ3n) is 5.39. The van der Waals surface area contributed by atoms with E-state index in [0.717, 1.165) is 16.7 Å². The number of fused-ring (bicyclic) bond motifs is 4. The van der Waals surface area contributed by atoms with Gasteiger partial charge in [0.2, 0.25) is 0 Å². The van der Waals surface area contributed by atoms with E-state index >= 15 is 0 Å². The summed E-state index contributed by atoms with van der Waals surface area (Å²) < 4.78 is 4.49. The minimum Gasteiger partial charge on any atom is -0.309 e. The van der Waals surface area contributed by atoms with Gasteiger partial charge in [0.15, 0.2) is 0 Å². The fourth-order valence-corrected chi connectivity index (χ4v) is 4.12. The molecule has 6 aromatic rings. The van der Waals surface area contributed by atoms with E-state index in [4.69, 9.17) is 0 Å². The molecule has 0 radical (unpaired) electrons. The van der Waals surface area contributed by atoms with Crippen molar-refractivity contribution in [1.29, 1.82) is 0 Å². The molecule has 0 bridgehead atoms. The van der Waals surface area contributed by atoms with Crippen molar-refractivity contribution in [3.05, 3.63) is 103 Å². The number of hydrogen-bond donors (Lipinski definition) is 0. The van der Waals surface area contributed by atoms with Gasteiger partial charge in [-0.15, -0.1) is 0 Å². The third kappa shape index (κ3) is 2.13. The molecule has 6 rings (SSSR count). The van der Waals surface area contributed by atoms with Gasteiger partial charge >= 0.3 is 0 Å². The zero-order valence-corrected chi connectivity index (χ0v) is 15.2. The Labute approximate surface area is 162 Å². The van der Waals surface area contributed by atoms with Gasteiger partial charge in [-0.2, -0.15) is 0 Å². The first-order chi connectivity index (χ1) is 13.9. The maximum absolute atomic E-state index is 4.69. The molecule has 4 aromatic carbocycles. The summed E-state index contributed by atoms with van der Waals surface area (Å²) >= 11 is 0. The minimum atomic E-state index is 1.01. The average Bonchev–Trinajstić information content (AvgIpc) is 3.32. The zero-order chi connectivity index (χ0) is 18.5. The van der Waals surface area contributed by atoms with Crippen LogP contribution in [0.4, 0.5) is 0 Å². The van der Waals surface area contributed by atoms with E-state index in [2.05, 4.69) is 105 Å². The maximum Gasteiger partial charge on any atom is 0.100 e. The Morgan fingerprint density at radius 3 is 2.00 bits per heavy atom. The van der Waals surface area contributed by atoms with Gasteiger partial charge in [-0.25, -0.2) is 4.98 Å². The van der Waals surface area contributed by atoms with Gasteiger partial charge < -0.3 is 4.57 Å². The quantitative estimate of drug-likeness (QED) is 0.365. The van der Waals surface area contributed by atoms with Gasteiger partial charge in [-0.1, -0.05) is 54.6 Å². The highest BCUT2D eigenvalue weighted by molar-refractivity contribution is 6.12. The molecule has 0 unspecified atom stereocenters. The fraction of sp³-hybridized carbons (Fsp3) is 0. The van der Waals surface area contributed by atoms with Crippen molar-refractivity contribution in [1.82, 2.24) is 14.1 Å². The Morgan fingerprint density at radius 2 is 1.21 bits per heavy atom. The molecule has 3 heteroatoms. The van der Waals surface area contributed by atoms with Gasteiger partial charge in [-0.3, -0.25) is 4.57 Å². The number of rotatable bonds is 2.